The highest BCUT2D eigenvalue weighted by Gasteiger charge is 2.13. The molecule has 1 atom stereocenters. The first kappa shape index (κ1) is 17.0. The summed E-state index contributed by atoms with van der Waals surface area (Å²) in [5, 5.41) is 14.6. The molecule has 0 radical (unpaired) electrons. The Kier molecular flexibility index (Phi) is 5.76. The van der Waals surface area contributed by atoms with Crippen molar-refractivity contribution in [2.24, 2.45) is 0 Å². The number of aromatic carboxylic acids is 1. The average molecular weight is 333 g/mol. The number of thiophene rings is 1. The van der Waals surface area contributed by atoms with Crippen molar-refractivity contribution in [2.75, 3.05) is 11.9 Å². The number of hydrogen-bond acceptors (Lipinski definition) is 4. The zero-order valence-corrected chi connectivity index (χ0v) is 13.9. The van der Waals surface area contributed by atoms with Gasteiger partial charge in [-0.3, -0.25) is 4.79 Å². The molecule has 1 aromatic carbocycles. The number of carboxylic acids is 1. The number of nitrogens with one attached hydrogen (secondary N) is 1. The van der Waals surface area contributed by atoms with Gasteiger partial charge in [-0.05, 0) is 30.0 Å². The maximum Gasteiger partial charge on any atom is 0.338 e. The lowest BCUT2D eigenvalue weighted by molar-refractivity contribution is -0.118. The first-order valence-electron chi connectivity index (χ1n) is 7.33. The molecule has 2 aromatic rings. The number of ether oxygens (including phenoxy) is 1. The summed E-state index contributed by atoms with van der Waals surface area (Å²) < 4.78 is 5.43. The fourth-order valence-electron chi connectivity index (χ4n) is 2.02. The summed E-state index contributed by atoms with van der Waals surface area (Å²) in [6, 6.07) is 7.65. The number of amides is 1. The molecule has 1 heterocycles. The molecule has 1 amide bonds. The Morgan fingerprint density at radius 1 is 1.26 bits per heavy atom. The van der Waals surface area contributed by atoms with E-state index in [0.717, 1.165) is 6.42 Å². The Hall–Kier alpha value is -2.34. The number of carbonyl (C=O) groups excluding carboxylic acids is 1. The van der Waals surface area contributed by atoms with Crippen molar-refractivity contribution in [3.05, 3.63) is 46.2 Å². The second-order valence-corrected chi connectivity index (χ2v) is 5.96. The van der Waals surface area contributed by atoms with Gasteiger partial charge in [0.05, 0.1) is 11.3 Å². The molecule has 2 N–H and O–H groups in total. The van der Waals surface area contributed by atoms with Gasteiger partial charge in [-0.15, -0.1) is 11.3 Å². The highest BCUT2D eigenvalue weighted by atomic mass is 32.1. The first-order valence-corrected chi connectivity index (χ1v) is 8.27. The van der Waals surface area contributed by atoms with E-state index < -0.39 is 11.9 Å². The summed E-state index contributed by atoms with van der Waals surface area (Å²) >= 11 is 1.22. The Morgan fingerprint density at radius 3 is 2.57 bits per heavy atom. The topological polar surface area (TPSA) is 75.6 Å². The minimum Gasteiger partial charge on any atom is -0.484 e. The van der Waals surface area contributed by atoms with Crippen molar-refractivity contribution in [3.63, 3.8) is 0 Å². The van der Waals surface area contributed by atoms with Gasteiger partial charge < -0.3 is 15.2 Å². The molecule has 1 unspecified atom stereocenters. The molecule has 122 valence electrons. The maximum atomic E-state index is 11.9. The molecule has 1 aromatic heterocycles. The van der Waals surface area contributed by atoms with Gasteiger partial charge in [-0.2, -0.15) is 0 Å². The summed E-state index contributed by atoms with van der Waals surface area (Å²) in [5.41, 5.74) is 1.61. The van der Waals surface area contributed by atoms with Crippen LogP contribution < -0.4 is 10.1 Å². The van der Waals surface area contributed by atoms with Crippen LogP contribution in [-0.4, -0.2) is 23.6 Å². The fraction of sp³-hybridized carbons (Fsp3) is 0.294. The van der Waals surface area contributed by atoms with Crippen LogP contribution in [0.25, 0.3) is 0 Å². The van der Waals surface area contributed by atoms with Crippen LogP contribution in [0, 0.1) is 0 Å². The predicted molar refractivity (Wildman–Crippen MR) is 90.6 cm³/mol. The number of anilines is 1. The minimum absolute atomic E-state index is 0.0845. The Labute approximate surface area is 138 Å². The van der Waals surface area contributed by atoms with Gasteiger partial charge in [0.2, 0.25) is 0 Å². The molecule has 0 spiro atoms. The highest BCUT2D eigenvalue weighted by Crippen LogP contribution is 2.22. The summed E-state index contributed by atoms with van der Waals surface area (Å²) in [6.07, 6.45) is 1.06. The van der Waals surface area contributed by atoms with Gasteiger partial charge in [0.25, 0.3) is 5.91 Å². The van der Waals surface area contributed by atoms with Crippen molar-refractivity contribution in [1.82, 2.24) is 0 Å². The first-order chi connectivity index (χ1) is 11.0. The lowest BCUT2D eigenvalue weighted by Gasteiger charge is -2.11. The van der Waals surface area contributed by atoms with Crippen molar-refractivity contribution in [2.45, 2.75) is 26.2 Å². The largest absolute Gasteiger partial charge is 0.484 e. The van der Waals surface area contributed by atoms with Gasteiger partial charge in [0.15, 0.2) is 6.61 Å². The Balaban J connectivity index is 1.89. The van der Waals surface area contributed by atoms with Crippen LogP contribution in [-0.2, 0) is 4.79 Å². The number of hydrogen-bond donors (Lipinski definition) is 2. The van der Waals surface area contributed by atoms with Crippen LogP contribution in [0.4, 0.5) is 5.69 Å². The van der Waals surface area contributed by atoms with Crippen LogP contribution in [0.3, 0.4) is 0 Å². The molecule has 6 heteroatoms. The number of carboxylic acid groups (broad SMARTS) is 1. The van der Waals surface area contributed by atoms with E-state index in [0.29, 0.717) is 17.4 Å². The standard InChI is InChI=1S/C17H19NO4S/c1-3-11(2)12-4-6-13(7-5-12)22-8-16(19)18-15-10-23-9-14(15)17(20)21/h4-7,9-11H,3,8H2,1-2H3,(H,18,19)(H,20,21). The number of carbonyl (C=O) groups is 2. The van der Waals surface area contributed by atoms with E-state index in [2.05, 4.69) is 19.2 Å². The zero-order chi connectivity index (χ0) is 16.8. The Morgan fingerprint density at radius 2 is 1.96 bits per heavy atom. The van der Waals surface area contributed by atoms with Gasteiger partial charge in [-0.25, -0.2) is 4.79 Å². The smallest absolute Gasteiger partial charge is 0.338 e. The van der Waals surface area contributed by atoms with E-state index >= 15 is 0 Å². The third kappa shape index (κ3) is 4.56. The molecular weight excluding hydrogens is 314 g/mol. The molecule has 0 aliphatic rings. The minimum atomic E-state index is -1.07. The van der Waals surface area contributed by atoms with E-state index in [-0.39, 0.29) is 12.2 Å². The lowest BCUT2D eigenvalue weighted by Crippen LogP contribution is -2.21. The fourth-order valence-corrected chi connectivity index (χ4v) is 2.78. The van der Waals surface area contributed by atoms with Crippen molar-refractivity contribution >= 4 is 28.9 Å². The molecule has 0 fully saturated rings. The van der Waals surface area contributed by atoms with Crippen LogP contribution >= 0.6 is 11.3 Å². The number of benzene rings is 1. The monoisotopic (exact) mass is 333 g/mol. The lowest BCUT2D eigenvalue weighted by atomic mass is 9.99. The normalized spacial score (nSPS) is 11.7. The molecule has 2 rings (SSSR count). The highest BCUT2D eigenvalue weighted by molar-refractivity contribution is 7.08. The van der Waals surface area contributed by atoms with E-state index in [1.807, 2.05) is 24.3 Å². The zero-order valence-electron chi connectivity index (χ0n) is 13.0. The van der Waals surface area contributed by atoms with Gasteiger partial charge in [0.1, 0.15) is 5.75 Å². The molecule has 0 aliphatic heterocycles. The maximum absolute atomic E-state index is 11.9. The molecule has 0 saturated carbocycles. The van der Waals surface area contributed by atoms with Crippen LogP contribution in [0.1, 0.15) is 42.1 Å². The van der Waals surface area contributed by atoms with Crippen molar-refractivity contribution in [3.8, 4) is 5.75 Å². The summed E-state index contributed by atoms with van der Waals surface area (Å²) in [4.78, 5) is 22.8. The number of rotatable bonds is 7. The quantitative estimate of drug-likeness (QED) is 0.803. The van der Waals surface area contributed by atoms with E-state index in [4.69, 9.17) is 9.84 Å². The summed E-state index contributed by atoms with van der Waals surface area (Å²) in [6.45, 7) is 4.12. The van der Waals surface area contributed by atoms with Gasteiger partial charge in [0, 0.05) is 10.8 Å². The van der Waals surface area contributed by atoms with Crippen molar-refractivity contribution in [1.29, 1.82) is 0 Å². The molecule has 0 saturated heterocycles. The van der Waals surface area contributed by atoms with Gasteiger partial charge >= 0.3 is 5.97 Å². The second-order valence-electron chi connectivity index (χ2n) is 5.22. The van der Waals surface area contributed by atoms with E-state index in [9.17, 15) is 9.59 Å². The predicted octanol–water partition coefficient (Wildman–Crippen LogP) is 3.98. The van der Waals surface area contributed by atoms with Crippen LogP contribution in [0.2, 0.25) is 0 Å². The third-order valence-electron chi connectivity index (χ3n) is 3.60. The second kappa shape index (κ2) is 7.78. The summed E-state index contributed by atoms with van der Waals surface area (Å²) in [5.74, 6) is -0.364. The molecule has 0 bridgehead atoms. The van der Waals surface area contributed by atoms with Crippen LogP contribution in [0.5, 0.6) is 5.75 Å². The summed E-state index contributed by atoms with van der Waals surface area (Å²) in [7, 11) is 0. The van der Waals surface area contributed by atoms with Gasteiger partial charge in [-0.1, -0.05) is 26.0 Å². The molecule has 23 heavy (non-hydrogen) atoms. The van der Waals surface area contributed by atoms with E-state index in [1.54, 1.807) is 5.38 Å². The Bertz CT molecular complexity index is 678. The SMILES string of the molecule is CCC(C)c1ccc(OCC(=O)Nc2cscc2C(=O)O)cc1. The molecular formula is C17H19NO4S. The molecule has 5 nitrogen and oxygen atoms in total. The van der Waals surface area contributed by atoms with Crippen molar-refractivity contribution < 1.29 is 19.4 Å². The molecule has 0 aliphatic carbocycles. The van der Waals surface area contributed by atoms with E-state index in [1.165, 1.54) is 22.3 Å². The third-order valence-corrected chi connectivity index (χ3v) is 4.34. The average Bonchev–Trinajstić information content (AvgIpc) is 3.01. The van der Waals surface area contributed by atoms with Crippen LogP contribution in [0.15, 0.2) is 35.0 Å².